The zero-order valence-electron chi connectivity index (χ0n) is 11.9. The van der Waals surface area contributed by atoms with Crippen LogP contribution in [0.25, 0.3) is 0 Å². The highest BCUT2D eigenvalue weighted by molar-refractivity contribution is 5.72. The number of hydrogen-bond acceptors (Lipinski definition) is 5. The Bertz CT molecular complexity index is 446. The van der Waals surface area contributed by atoms with Crippen LogP contribution in [0.3, 0.4) is 0 Å². The van der Waals surface area contributed by atoms with Gasteiger partial charge in [-0.1, -0.05) is 6.92 Å². The summed E-state index contributed by atoms with van der Waals surface area (Å²) in [5, 5.41) is 0. The van der Waals surface area contributed by atoms with E-state index in [0.29, 0.717) is 6.54 Å². The smallest absolute Gasteiger partial charge is 0.310 e. The molecule has 0 fully saturated rings. The minimum Gasteiger partial charge on any atom is -0.469 e. The number of rotatable bonds is 4. The third-order valence-corrected chi connectivity index (χ3v) is 2.99. The van der Waals surface area contributed by atoms with Gasteiger partial charge in [0.15, 0.2) is 0 Å². The lowest BCUT2D eigenvalue weighted by atomic mass is 10.1. The van der Waals surface area contributed by atoms with Gasteiger partial charge in [-0.2, -0.15) is 0 Å². The second-order valence-corrected chi connectivity index (χ2v) is 4.61. The lowest BCUT2D eigenvalue weighted by Gasteiger charge is -2.23. The highest BCUT2D eigenvalue weighted by atomic mass is 16.5. The zero-order chi connectivity index (χ0) is 13.9. The standard InChI is InChI=1S/C13H21N3O2/c1-8(13(17)18-6)7-16(5)12-9(2)10(3)14-11(4)15-12/h8H,7H2,1-6H3/t8-/m0/s1. The van der Waals surface area contributed by atoms with E-state index in [1.54, 1.807) is 0 Å². The average molecular weight is 251 g/mol. The molecule has 100 valence electrons. The van der Waals surface area contributed by atoms with Crippen molar-refractivity contribution in [3.8, 4) is 0 Å². The van der Waals surface area contributed by atoms with Crippen LogP contribution < -0.4 is 4.90 Å². The number of ether oxygens (including phenoxy) is 1. The first-order valence-electron chi connectivity index (χ1n) is 5.97. The van der Waals surface area contributed by atoms with Crippen LogP contribution in [0.5, 0.6) is 0 Å². The molecule has 18 heavy (non-hydrogen) atoms. The predicted molar refractivity (Wildman–Crippen MR) is 70.7 cm³/mol. The second kappa shape index (κ2) is 5.80. The third-order valence-electron chi connectivity index (χ3n) is 2.99. The molecule has 1 rings (SSSR count). The van der Waals surface area contributed by atoms with Gasteiger partial charge in [0, 0.05) is 24.8 Å². The number of nitrogens with zero attached hydrogens (tertiary/aromatic N) is 3. The molecule has 0 amide bonds. The van der Waals surface area contributed by atoms with Gasteiger partial charge in [0.2, 0.25) is 0 Å². The monoisotopic (exact) mass is 251 g/mol. The maximum absolute atomic E-state index is 11.4. The largest absolute Gasteiger partial charge is 0.469 e. The molecule has 0 aliphatic carbocycles. The minimum absolute atomic E-state index is 0.185. The summed E-state index contributed by atoms with van der Waals surface area (Å²) < 4.78 is 4.73. The highest BCUT2D eigenvalue weighted by Gasteiger charge is 2.18. The molecule has 0 aliphatic rings. The fourth-order valence-corrected chi connectivity index (χ4v) is 1.90. The molecular weight excluding hydrogens is 230 g/mol. The Morgan fingerprint density at radius 2 is 1.94 bits per heavy atom. The Balaban J connectivity index is 2.91. The van der Waals surface area contributed by atoms with Gasteiger partial charge in [0.1, 0.15) is 11.6 Å². The first-order chi connectivity index (χ1) is 8.36. The van der Waals surface area contributed by atoms with Crippen LogP contribution in [0.1, 0.15) is 24.0 Å². The molecule has 1 aromatic heterocycles. The molecule has 1 atom stereocenters. The maximum Gasteiger partial charge on any atom is 0.310 e. The number of hydrogen-bond donors (Lipinski definition) is 0. The van der Waals surface area contributed by atoms with Crippen LogP contribution in [-0.2, 0) is 9.53 Å². The minimum atomic E-state index is -0.206. The van der Waals surface area contributed by atoms with E-state index in [9.17, 15) is 4.79 Å². The van der Waals surface area contributed by atoms with Gasteiger partial charge in [-0.25, -0.2) is 9.97 Å². The summed E-state index contributed by atoms with van der Waals surface area (Å²) >= 11 is 0. The fourth-order valence-electron chi connectivity index (χ4n) is 1.90. The summed E-state index contributed by atoms with van der Waals surface area (Å²) in [6.07, 6.45) is 0. The number of carbonyl (C=O) groups excluding carboxylic acids is 1. The molecule has 0 aliphatic heterocycles. The van der Waals surface area contributed by atoms with E-state index in [0.717, 1.165) is 22.9 Å². The summed E-state index contributed by atoms with van der Waals surface area (Å²) in [5.74, 6) is 1.22. The SMILES string of the molecule is COC(=O)[C@@H](C)CN(C)c1nc(C)nc(C)c1C. The number of esters is 1. The van der Waals surface area contributed by atoms with E-state index < -0.39 is 0 Å². The summed E-state index contributed by atoms with van der Waals surface area (Å²) in [7, 11) is 3.33. The average Bonchev–Trinajstić information content (AvgIpc) is 2.32. The van der Waals surface area contributed by atoms with Gasteiger partial charge in [0.05, 0.1) is 13.0 Å². The van der Waals surface area contributed by atoms with Crippen LogP contribution in [0.4, 0.5) is 5.82 Å². The molecule has 5 heteroatoms. The molecule has 0 bridgehead atoms. The number of aryl methyl sites for hydroxylation is 2. The van der Waals surface area contributed by atoms with Gasteiger partial charge in [-0.15, -0.1) is 0 Å². The van der Waals surface area contributed by atoms with E-state index in [-0.39, 0.29) is 11.9 Å². The Morgan fingerprint density at radius 1 is 1.33 bits per heavy atom. The number of anilines is 1. The Labute approximate surface area is 108 Å². The zero-order valence-corrected chi connectivity index (χ0v) is 11.9. The molecule has 0 aromatic carbocycles. The maximum atomic E-state index is 11.4. The van der Waals surface area contributed by atoms with Crippen molar-refractivity contribution in [2.24, 2.45) is 5.92 Å². The van der Waals surface area contributed by atoms with Crippen molar-refractivity contribution >= 4 is 11.8 Å². The van der Waals surface area contributed by atoms with Crippen molar-refractivity contribution in [1.82, 2.24) is 9.97 Å². The number of aromatic nitrogens is 2. The first-order valence-corrected chi connectivity index (χ1v) is 5.97. The molecule has 0 saturated carbocycles. The van der Waals surface area contributed by atoms with E-state index in [2.05, 4.69) is 9.97 Å². The van der Waals surface area contributed by atoms with Crippen LogP contribution >= 0.6 is 0 Å². The van der Waals surface area contributed by atoms with E-state index in [1.807, 2.05) is 39.6 Å². The van der Waals surface area contributed by atoms with Crippen LogP contribution in [0.2, 0.25) is 0 Å². The van der Waals surface area contributed by atoms with Crippen LogP contribution in [-0.4, -0.2) is 36.6 Å². The Kier molecular flexibility index (Phi) is 4.64. The molecule has 1 heterocycles. The van der Waals surface area contributed by atoms with Gasteiger partial charge < -0.3 is 9.64 Å². The van der Waals surface area contributed by atoms with Crippen molar-refractivity contribution in [2.75, 3.05) is 25.6 Å². The van der Waals surface area contributed by atoms with Crippen molar-refractivity contribution in [2.45, 2.75) is 27.7 Å². The molecule has 0 saturated heterocycles. The van der Waals surface area contributed by atoms with Crippen molar-refractivity contribution < 1.29 is 9.53 Å². The Hall–Kier alpha value is -1.65. The van der Waals surface area contributed by atoms with Crippen molar-refractivity contribution in [3.63, 3.8) is 0 Å². The molecule has 0 spiro atoms. The van der Waals surface area contributed by atoms with E-state index in [1.165, 1.54) is 7.11 Å². The molecule has 5 nitrogen and oxygen atoms in total. The molecule has 0 unspecified atom stereocenters. The molecule has 0 N–H and O–H groups in total. The summed E-state index contributed by atoms with van der Waals surface area (Å²) in [6.45, 7) is 8.24. The second-order valence-electron chi connectivity index (χ2n) is 4.61. The first kappa shape index (κ1) is 14.4. The quantitative estimate of drug-likeness (QED) is 0.762. The van der Waals surface area contributed by atoms with Gasteiger partial charge in [-0.3, -0.25) is 4.79 Å². The Morgan fingerprint density at radius 3 is 2.50 bits per heavy atom. The summed E-state index contributed by atoms with van der Waals surface area (Å²) in [6, 6.07) is 0. The normalized spacial score (nSPS) is 12.1. The molecular formula is C13H21N3O2. The van der Waals surface area contributed by atoms with Crippen LogP contribution in [0, 0.1) is 26.7 Å². The van der Waals surface area contributed by atoms with Gasteiger partial charge in [0.25, 0.3) is 0 Å². The highest BCUT2D eigenvalue weighted by Crippen LogP contribution is 2.19. The fraction of sp³-hybridized carbons (Fsp3) is 0.615. The van der Waals surface area contributed by atoms with E-state index in [4.69, 9.17) is 4.74 Å². The lowest BCUT2D eigenvalue weighted by Crippen LogP contribution is -2.30. The molecule has 0 radical (unpaired) electrons. The number of methoxy groups -OCH3 is 1. The third kappa shape index (κ3) is 3.18. The van der Waals surface area contributed by atoms with Crippen molar-refractivity contribution in [1.29, 1.82) is 0 Å². The predicted octanol–water partition coefficient (Wildman–Crippen LogP) is 1.65. The van der Waals surface area contributed by atoms with Gasteiger partial charge >= 0.3 is 5.97 Å². The summed E-state index contributed by atoms with van der Waals surface area (Å²) in [5.41, 5.74) is 2.01. The lowest BCUT2D eigenvalue weighted by molar-refractivity contribution is -0.144. The molecule has 1 aromatic rings. The summed E-state index contributed by atoms with van der Waals surface area (Å²) in [4.78, 5) is 22.1. The van der Waals surface area contributed by atoms with E-state index >= 15 is 0 Å². The topological polar surface area (TPSA) is 55.3 Å². The van der Waals surface area contributed by atoms with Gasteiger partial charge in [-0.05, 0) is 20.8 Å². The number of carbonyl (C=O) groups is 1. The van der Waals surface area contributed by atoms with Crippen molar-refractivity contribution in [3.05, 3.63) is 17.1 Å². The van der Waals surface area contributed by atoms with Crippen LogP contribution in [0.15, 0.2) is 0 Å².